The summed E-state index contributed by atoms with van der Waals surface area (Å²) in [5.74, 6) is -1.83. The van der Waals surface area contributed by atoms with Crippen molar-refractivity contribution in [3.63, 3.8) is 0 Å². The highest BCUT2D eigenvalue weighted by Crippen LogP contribution is 2.42. The van der Waals surface area contributed by atoms with Crippen molar-refractivity contribution in [1.29, 1.82) is 0 Å². The Morgan fingerprint density at radius 1 is 1.24 bits per heavy atom. The van der Waals surface area contributed by atoms with Gasteiger partial charge in [0.1, 0.15) is 6.61 Å². The lowest BCUT2D eigenvalue weighted by Crippen LogP contribution is -2.44. The monoisotopic (exact) mass is 470 g/mol. The summed E-state index contributed by atoms with van der Waals surface area (Å²) < 4.78 is 43.5. The first-order valence-electron chi connectivity index (χ1n) is 11.1. The van der Waals surface area contributed by atoms with Crippen LogP contribution < -0.4 is 4.74 Å². The SMILES string of the molecule is O=C(C1=CCCCC1)N1CCC2(CC1)COC(COc1ccccn1)C2.O=C(O)C(F)(F)F. The van der Waals surface area contributed by atoms with Gasteiger partial charge in [0.05, 0.1) is 12.7 Å². The third-order valence-corrected chi connectivity index (χ3v) is 6.26. The Morgan fingerprint density at radius 3 is 2.55 bits per heavy atom. The van der Waals surface area contributed by atoms with E-state index in [2.05, 4.69) is 16.0 Å². The smallest absolute Gasteiger partial charge is 0.475 e. The maximum absolute atomic E-state index is 12.7. The van der Waals surface area contributed by atoms with Gasteiger partial charge in [0, 0.05) is 30.9 Å². The number of pyridine rings is 1. The number of halogens is 3. The third kappa shape index (κ3) is 7.18. The molecule has 3 aliphatic rings. The Bertz CT molecular complexity index is 836. The van der Waals surface area contributed by atoms with E-state index in [-0.39, 0.29) is 17.4 Å². The van der Waals surface area contributed by atoms with Crippen LogP contribution in [0.1, 0.15) is 44.9 Å². The van der Waals surface area contributed by atoms with Crippen molar-refractivity contribution in [2.24, 2.45) is 5.41 Å². The summed E-state index contributed by atoms with van der Waals surface area (Å²) in [4.78, 5) is 27.8. The van der Waals surface area contributed by atoms with Gasteiger partial charge in [-0.2, -0.15) is 13.2 Å². The Morgan fingerprint density at radius 2 is 1.97 bits per heavy atom. The zero-order chi connectivity index (χ0) is 23.9. The number of rotatable bonds is 4. The van der Waals surface area contributed by atoms with Crippen LogP contribution in [0, 0.1) is 5.41 Å². The lowest BCUT2D eigenvalue weighted by molar-refractivity contribution is -0.192. The van der Waals surface area contributed by atoms with E-state index < -0.39 is 12.1 Å². The van der Waals surface area contributed by atoms with E-state index in [4.69, 9.17) is 19.4 Å². The predicted molar refractivity (Wildman–Crippen MR) is 113 cm³/mol. The van der Waals surface area contributed by atoms with Crippen LogP contribution in [0.5, 0.6) is 5.88 Å². The van der Waals surface area contributed by atoms with Crippen LogP contribution in [0.25, 0.3) is 0 Å². The van der Waals surface area contributed by atoms with Crippen LogP contribution in [0.2, 0.25) is 0 Å². The van der Waals surface area contributed by atoms with Gasteiger partial charge in [0.25, 0.3) is 0 Å². The summed E-state index contributed by atoms with van der Waals surface area (Å²) in [5, 5.41) is 7.12. The second-order valence-corrected chi connectivity index (χ2v) is 8.69. The maximum atomic E-state index is 12.7. The summed E-state index contributed by atoms with van der Waals surface area (Å²) in [5.41, 5.74) is 1.26. The number of carbonyl (C=O) groups excluding carboxylic acids is 1. The van der Waals surface area contributed by atoms with Gasteiger partial charge >= 0.3 is 12.1 Å². The van der Waals surface area contributed by atoms with Gasteiger partial charge in [0.2, 0.25) is 11.8 Å². The lowest BCUT2D eigenvalue weighted by atomic mass is 9.76. The van der Waals surface area contributed by atoms with Gasteiger partial charge in [-0.05, 0) is 56.4 Å². The highest BCUT2D eigenvalue weighted by molar-refractivity contribution is 5.93. The van der Waals surface area contributed by atoms with E-state index in [1.54, 1.807) is 6.20 Å². The molecular weight excluding hydrogens is 441 g/mol. The van der Waals surface area contributed by atoms with Crippen molar-refractivity contribution in [2.75, 3.05) is 26.3 Å². The molecule has 3 heterocycles. The summed E-state index contributed by atoms with van der Waals surface area (Å²) in [6, 6.07) is 5.68. The Hall–Kier alpha value is -2.62. The van der Waals surface area contributed by atoms with E-state index in [1.165, 1.54) is 6.42 Å². The van der Waals surface area contributed by atoms with Crippen LogP contribution in [-0.4, -0.2) is 65.5 Å². The standard InChI is InChI=1S/C21H28N2O3.C2HF3O2/c24-20(17-6-2-1-3-7-17)23-12-9-21(10-13-23)14-18(26-16-21)15-25-19-8-4-5-11-22-19;3-2(4,5)1(6)7/h4-6,8,11,18H,1-3,7,9-10,12-16H2;(H,6,7). The molecule has 0 aromatic carbocycles. The quantitative estimate of drug-likeness (QED) is 0.716. The normalized spacial score (nSPS) is 22.2. The molecule has 1 unspecified atom stereocenters. The highest BCUT2D eigenvalue weighted by Gasteiger charge is 2.43. The molecule has 2 fully saturated rings. The van der Waals surface area contributed by atoms with E-state index in [9.17, 15) is 18.0 Å². The van der Waals surface area contributed by atoms with Crippen LogP contribution in [0.4, 0.5) is 13.2 Å². The van der Waals surface area contributed by atoms with Crippen molar-refractivity contribution in [1.82, 2.24) is 9.88 Å². The number of ether oxygens (including phenoxy) is 2. The zero-order valence-electron chi connectivity index (χ0n) is 18.4. The van der Waals surface area contributed by atoms with Crippen molar-refractivity contribution in [2.45, 2.75) is 57.2 Å². The number of hydrogen-bond acceptors (Lipinski definition) is 5. The Labute approximate surface area is 190 Å². The predicted octanol–water partition coefficient (Wildman–Crippen LogP) is 3.99. The molecule has 1 atom stereocenters. The molecule has 2 saturated heterocycles. The minimum absolute atomic E-state index is 0.125. The van der Waals surface area contributed by atoms with Crippen molar-refractivity contribution in [3.05, 3.63) is 36.0 Å². The van der Waals surface area contributed by atoms with E-state index in [0.29, 0.717) is 12.5 Å². The number of piperidine rings is 1. The number of aromatic nitrogens is 1. The van der Waals surface area contributed by atoms with Gasteiger partial charge in [0.15, 0.2) is 0 Å². The molecule has 1 spiro atoms. The molecule has 0 bridgehead atoms. The first kappa shape index (κ1) is 25.0. The molecule has 2 aliphatic heterocycles. The second-order valence-electron chi connectivity index (χ2n) is 8.69. The van der Waals surface area contributed by atoms with E-state index >= 15 is 0 Å². The molecule has 33 heavy (non-hydrogen) atoms. The zero-order valence-corrected chi connectivity index (χ0v) is 18.4. The number of likely N-dealkylation sites (tertiary alicyclic amines) is 1. The topological polar surface area (TPSA) is 89.0 Å². The molecule has 1 aromatic rings. The van der Waals surface area contributed by atoms with Crippen molar-refractivity contribution in [3.8, 4) is 5.88 Å². The summed E-state index contributed by atoms with van der Waals surface area (Å²) in [7, 11) is 0. The summed E-state index contributed by atoms with van der Waals surface area (Å²) >= 11 is 0. The number of nitrogens with zero attached hydrogens (tertiary/aromatic N) is 2. The largest absolute Gasteiger partial charge is 0.490 e. The summed E-state index contributed by atoms with van der Waals surface area (Å²) in [6.07, 6.45) is 6.41. The lowest BCUT2D eigenvalue weighted by Gasteiger charge is -2.39. The minimum atomic E-state index is -5.08. The van der Waals surface area contributed by atoms with Crippen LogP contribution >= 0.6 is 0 Å². The molecule has 0 saturated carbocycles. The number of carbonyl (C=O) groups is 2. The van der Waals surface area contributed by atoms with Gasteiger partial charge in [-0.1, -0.05) is 12.1 Å². The molecule has 1 aliphatic carbocycles. The average molecular weight is 470 g/mol. The maximum Gasteiger partial charge on any atom is 0.490 e. The first-order chi connectivity index (χ1) is 15.7. The Balaban J connectivity index is 0.000000383. The molecule has 10 heteroatoms. The summed E-state index contributed by atoms with van der Waals surface area (Å²) in [6.45, 7) is 3.04. The first-order valence-corrected chi connectivity index (χ1v) is 11.1. The number of aliphatic carboxylic acids is 1. The molecule has 182 valence electrons. The van der Waals surface area contributed by atoms with Crippen LogP contribution in [-0.2, 0) is 14.3 Å². The number of hydrogen-bond donors (Lipinski definition) is 1. The molecule has 1 aromatic heterocycles. The number of carboxylic acids is 1. The van der Waals surface area contributed by atoms with Gasteiger partial charge < -0.3 is 19.5 Å². The molecule has 0 radical (unpaired) electrons. The molecule has 1 N–H and O–H groups in total. The number of alkyl halides is 3. The van der Waals surface area contributed by atoms with Gasteiger partial charge in [-0.15, -0.1) is 0 Å². The van der Waals surface area contributed by atoms with Crippen LogP contribution in [0.15, 0.2) is 36.0 Å². The Kier molecular flexibility index (Phi) is 8.34. The number of carboxylic acid groups (broad SMARTS) is 1. The van der Waals surface area contributed by atoms with Gasteiger partial charge in [-0.25, -0.2) is 9.78 Å². The third-order valence-electron chi connectivity index (χ3n) is 6.26. The van der Waals surface area contributed by atoms with E-state index in [0.717, 1.165) is 63.8 Å². The van der Waals surface area contributed by atoms with Crippen molar-refractivity contribution < 1.29 is 37.3 Å². The fourth-order valence-electron chi connectivity index (χ4n) is 4.38. The second kappa shape index (κ2) is 11.0. The van der Waals surface area contributed by atoms with Crippen molar-refractivity contribution >= 4 is 11.9 Å². The molecule has 7 nitrogen and oxygen atoms in total. The average Bonchev–Trinajstić information content (AvgIpc) is 3.21. The molecular formula is C23H29F3N2O5. The van der Waals surface area contributed by atoms with E-state index in [1.807, 2.05) is 18.2 Å². The fourth-order valence-corrected chi connectivity index (χ4v) is 4.38. The highest BCUT2D eigenvalue weighted by atomic mass is 19.4. The van der Waals surface area contributed by atoms with Crippen LogP contribution in [0.3, 0.4) is 0 Å². The molecule has 4 rings (SSSR count). The fraction of sp³-hybridized carbons (Fsp3) is 0.609. The van der Waals surface area contributed by atoms with Gasteiger partial charge in [-0.3, -0.25) is 4.79 Å². The number of amides is 1. The minimum Gasteiger partial charge on any atom is -0.475 e. The molecule has 1 amide bonds. The number of allylic oxidation sites excluding steroid dienone is 1.